The van der Waals surface area contributed by atoms with Crippen molar-refractivity contribution in [3.8, 4) is 0 Å². The predicted octanol–water partition coefficient (Wildman–Crippen LogP) is 1.97. The predicted molar refractivity (Wildman–Crippen MR) is 67.9 cm³/mol. The lowest BCUT2D eigenvalue weighted by Gasteiger charge is -2.22. The number of anilines is 2. The maximum absolute atomic E-state index is 13.0. The first kappa shape index (κ1) is 13.8. The molecular formula is C11H17FN2O2S. The summed E-state index contributed by atoms with van der Waals surface area (Å²) in [4.78, 5) is 0. The highest BCUT2D eigenvalue weighted by Gasteiger charge is 2.20. The fraction of sp³-hybridized carbons (Fsp3) is 0.455. The first-order valence-electron chi connectivity index (χ1n) is 5.47. The number of nitrogen functional groups attached to an aromatic ring is 1. The molecule has 0 amide bonds. The first-order valence-corrected chi connectivity index (χ1v) is 7.08. The van der Waals surface area contributed by atoms with Gasteiger partial charge in [0.15, 0.2) is 0 Å². The van der Waals surface area contributed by atoms with Crippen molar-refractivity contribution in [1.82, 2.24) is 0 Å². The lowest BCUT2D eigenvalue weighted by Crippen LogP contribution is -2.32. The standard InChI is InChI=1S/C11H17FN2O2S/c1-3-7-17(15,16)14(4-2)9-5-6-10(12)11(13)8-9/h5-6,8H,3-4,7,13H2,1-2H3. The summed E-state index contributed by atoms with van der Waals surface area (Å²) in [6, 6.07) is 3.93. The normalized spacial score (nSPS) is 11.5. The molecule has 0 saturated carbocycles. The lowest BCUT2D eigenvalue weighted by atomic mass is 10.2. The van der Waals surface area contributed by atoms with Gasteiger partial charge in [0.05, 0.1) is 17.1 Å². The van der Waals surface area contributed by atoms with Crippen LogP contribution in [0.1, 0.15) is 20.3 Å². The average molecular weight is 260 g/mol. The topological polar surface area (TPSA) is 63.4 Å². The minimum atomic E-state index is -3.35. The molecule has 6 heteroatoms. The van der Waals surface area contributed by atoms with Gasteiger partial charge in [0.1, 0.15) is 5.82 Å². The minimum absolute atomic E-state index is 0.0485. The summed E-state index contributed by atoms with van der Waals surface area (Å²) in [5.74, 6) is -0.476. The van der Waals surface area contributed by atoms with Crippen LogP contribution in [-0.2, 0) is 10.0 Å². The molecule has 0 aromatic heterocycles. The van der Waals surface area contributed by atoms with E-state index in [2.05, 4.69) is 0 Å². The van der Waals surface area contributed by atoms with Crippen molar-refractivity contribution in [3.63, 3.8) is 0 Å². The highest BCUT2D eigenvalue weighted by atomic mass is 32.2. The molecule has 17 heavy (non-hydrogen) atoms. The van der Waals surface area contributed by atoms with Crippen LogP contribution in [0.2, 0.25) is 0 Å². The smallest absolute Gasteiger partial charge is 0.235 e. The van der Waals surface area contributed by atoms with Crippen LogP contribution in [0.5, 0.6) is 0 Å². The Morgan fingerprint density at radius 1 is 1.35 bits per heavy atom. The molecule has 1 aromatic rings. The minimum Gasteiger partial charge on any atom is -0.396 e. The molecule has 0 aliphatic carbocycles. The average Bonchev–Trinajstić information content (AvgIpc) is 2.23. The molecule has 0 aliphatic rings. The molecular weight excluding hydrogens is 243 g/mol. The molecule has 0 unspecified atom stereocenters. The summed E-state index contributed by atoms with van der Waals surface area (Å²) >= 11 is 0. The van der Waals surface area contributed by atoms with Gasteiger partial charge in [-0.1, -0.05) is 6.92 Å². The highest BCUT2D eigenvalue weighted by molar-refractivity contribution is 7.92. The quantitative estimate of drug-likeness (QED) is 0.823. The van der Waals surface area contributed by atoms with E-state index in [1.54, 1.807) is 13.8 Å². The Labute approximate surface area is 101 Å². The van der Waals surface area contributed by atoms with Crippen molar-refractivity contribution in [2.24, 2.45) is 0 Å². The van der Waals surface area contributed by atoms with Crippen LogP contribution in [0.15, 0.2) is 18.2 Å². The van der Waals surface area contributed by atoms with Crippen LogP contribution >= 0.6 is 0 Å². The van der Waals surface area contributed by atoms with E-state index in [1.807, 2.05) is 0 Å². The molecule has 2 N–H and O–H groups in total. The van der Waals surface area contributed by atoms with Gasteiger partial charge in [-0.05, 0) is 31.5 Å². The fourth-order valence-electron chi connectivity index (χ4n) is 1.59. The van der Waals surface area contributed by atoms with Crippen LogP contribution in [-0.4, -0.2) is 20.7 Å². The van der Waals surface area contributed by atoms with Crippen LogP contribution in [0, 0.1) is 5.82 Å². The molecule has 0 heterocycles. The Morgan fingerprint density at radius 2 is 2.00 bits per heavy atom. The zero-order chi connectivity index (χ0) is 13.1. The number of hydrogen-bond acceptors (Lipinski definition) is 3. The SMILES string of the molecule is CCCS(=O)(=O)N(CC)c1ccc(F)c(N)c1. The third-order valence-corrected chi connectivity index (χ3v) is 4.42. The fourth-order valence-corrected chi connectivity index (χ4v) is 3.16. The molecule has 0 spiro atoms. The maximum Gasteiger partial charge on any atom is 0.235 e. The molecule has 1 aromatic carbocycles. The second-order valence-electron chi connectivity index (χ2n) is 3.69. The zero-order valence-electron chi connectivity index (χ0n) is 9.98. The van der Waals surface area contributed by atoms with Gasteiger partial charge in [-0.25, -0.2) is 12.8 Å². The van der Waals surface area contributed by atoms with Crippen LogP contribution in [0.4, 0.5) is 15.8 Å². The van der Waals surface area contributed by atoms with Gasteiger partial charge in [-0.2, -0.15) is 0 Å². The molecule has 1 rings (SSSR count). The molecule has 4 nitrogen and oxygen atoms in total. The lowest BCUT2D eigenvalue weighted by molar-refractivity contribution is 0.590. The summed E-state index contributed by atoms with van der Waals surface area (Å²) in [5, 5.41) is 0. The summed E-state index contributed by atoms with van der Waals surface area (Å²) in [6.45, 7) is 3.82. The number of rotatable bonds is 5. The van der Waals surface area contributed by atoms with Crippen molar-refractivity contribution in [3.05, 3.63) is 24.0 Å². The molecule has 0 atom stereocenters. The van der Waals surface area contributed by atoms with E-state index < -0.39 is 15.8 Å². The summed E-state index contributed by atoms with van der Waals surface area (Å²) in [5.41, 5.74) is 5.79. The van der Waals surface area contributed by atoms with Gasteiger partial charge in [0, 0.05) is 6.54 Å². The molecule has 0 aliphatic heterocycles. The van der Waals surface area contributed by atoms with Gasteiger partial charge in [-0.3, -0.25) is 4.31 Å². The Bertz CT molecular complexity index is 488. The Morgan fingerprint density at radius 3 is 2.47 bits per heavy atom. The van der Waals surface area contributed by atoms with Gasteiger partial charge >= 0.3 is 0 Å². The van der Waals surface area contributed by atoms with E-state index >= 15 is 0 Å². The van der Waals surface area contributed by atoms with Gasteiger partial charge in [0.25, 0.3) is 0 Å². The second kappa shape index (κ2) is 5.35. The van der Waals surface area contributed by atoms with Crippen molar-refractivity contribution in [1.29, 1.82) is 0 Å². The van der Waals surface area contributed by atoms with E-state index in [-0.39, 0.29) is 11.4 Å². The molecule has 0 fully saturated rings. The summed E-state index contributed by atoms with van der Waals surface area (Å²) in [6.07, 6.45) is 0.537. The van der Waals surface area contributed by atoms with Crippen LogP contribution in [0.3, 0.4) is 0 Å². The molecule has 96 valence electrons. The van der Waals surface area contributed by atoms with E-state index in [1.165, 1.54) is 22.5 Å². The van der Waals surface area contributed by atoms with E-state index in [4.69, 9.17) is 5.73 Å². The van der Waals surface area contributed by atoms with Crippen LogP contribution < -0.4 is 10.0 Å². The summed E-state index contributed by atoms with van der Waals surface area (Å²) < 4.78 is 38.2. The van der Waals surface area contributed by atoms with Gasteiger partial charge in [0.2, 0.25) is 10.0 Å². The van der Waals surface area contributed by atoms with E-state index in [0.717, 1.165) is 0 Å². The van der Waals surface area contributed by atoms with Crippen molar-refractivity contribution >= 4 is 21.4 Å². The highest BCUT2D eigenvalue weighted by Crippen LogP contribution is 2.23. The van der Waals surface area contributed by atoms with E-state index in [0.29, 0.717) is 18.7 Å². The Hall–Kier alpha value is -1.30. The second-order valence-corrected chi connectivity index (χ2v) is 5.70. The number of nitrogens with zero attached hydrogens (tertiary/aromatic N) is 1. The third-order valence-electron chi connectivity index (χ3n) is 2.35. The third kappa shape index (κ3) is 3.09. The number of benzene rings is 1. The van der Waals surface area contributed by atoms with Gasteiger partial charge < -0.3 is 5.73 Å². The number of sulfonamides is 1. The Balaban J connectivity index is 3.14. The van der Waals surface area contributed by atoms with Crippen molar-refractivity contribution in [2.75, 3.05) is 22.3 Å². The van der Waals surface area contributed by atoms with Crippen molar-refractivity contribution in [2.45, 2.75) is 20.3 Å². The number of halogens is 1. The molecule has 0 radical (unpaired) electrons. The van der Waals surface area contributed by atoms with Gasteiger partial charge in [-0.15, -0.1) is 0 Å². The Kier molecular flexibility index (Phi) is 4.34. The number of nitrogens with two attached hydrogens (primary N) is 1. The summed E-state index contributed by atoms with van der Waals surface area (Å²) in [7, 11) is -3.35. The molecule has 0 saturated heterocycles. The monoisotopic (exact) mass is 260 g/mol. The molecule has 0 bridgehead atoms. The maximum atomic E-state index is 13.0. The van der Waals surface area contributed by atoms with E-state index in [9.17, 15) is 12.8 Å². The number of hydrogen-bond donors (Lipinski definition) is 1. The van der Waals surface area contributed by atoms with Crippen LogP contribution in [0.25, 0.3) is 0 Å². The largest absolute Gasteiger partial charge is 0.396 e. The van der Waals surface area contributed by atoms with Crippen molar-refractivity contribution < 1.29 is 12.8 Å². The zero-order valence-corrected chi connectivity index (χ0v) is 10.8. The first-order chi connectivity index (χ1) is 7.92.